The second-order valence-electron chi connectivity index (χ2n) is 7.87. The van der Waals surface area contributed by atoms with Gasteiger partial charge in [0.15, 0.2) is 0 Å². The molecule has 4 rings (SSSR count). The third-order valence-electron chi connectivity index (χ3n) is 5.38. The second kappa shape index (κ2) is 9.66. The van der Waals surface area contributed by atoms with Crippen LogP contribution in [0.4, 0.5) is 5.69 Å². The normalized spacial score (nSPS) is 17.3. The van der Waals surface area contributed by atoms with Gasteiger partial charge in [0, 0.05) is 68.2 Å². The SMILES string of the molecule is Cn1cc(-c2ccncc2C=CC(=O)Nc2ccc(CN3CCS(O)(O)CC3)cc2)cn1. The average Bonchev–Trinajstić information content (AvgIpc) is 3.21. The number of pyridine rings is 1. The van der Waals surface area contributed by atoms with Crippen LogP contribution in [0.2, 0.25) is 0 Å². The molecule has 9 heteroatoms. The summed E-state index contributed by atoms with van der Waals surface area (Å²) in [5.74, 6) is 0.653. The van der Waals surface area contributed by atoms with Crippen molar-refractivity contribution in [2.75, 3.05) is 29.9 Å². The second-order valence-corrected chi connectivity index (χ2v) is 10.3. The Kier molecular flexibility index (Phi) is 6.71. The van der Waals surface area contributed by atoms with Crippen LogP contribution >= 0.6 is 10.6 Å². The lowest BCUT2D eigenvalue weighted by Crippen LogP contribution is -2.37. The highest BCUT2D eigenvalue weighted by atomic mass is 32.3. The number of nitrogens with zero attached hydrogens (tertiary/aromatic N) is 4. The van der Waals surface area contributed by atoms with Crippen molar-refractivity contribution in [2.24, 2.45) is 7.05 Å². The van der Waals surface area contributed by atoms with Crippen LogP contribution < -0.4 is 5.32 Å². The number of amides is 1. The van der Waals surface area contributed by atoms with E-state index in [4.69, 9.17) is 0 Å². The van der Waals surface area contributed by atoms with Crippen molar-refractivity contribution >= 4 is 28.3 Å². The molecule has 0 atom stereocenters. The smallest absolute Gasteiger partial charge is 0.248 e. The first kappa shape index (κ1) is 22.2. The number of aromatic nitrogens is 3. The van der Waals surface area contributed by atoms with E-state index in [1.54, 1.807) is 29.3 Å². The number of rotatable bonds is 6. The maximum atomic E-state index is 12.4. The minimum absolute atomic E-state index is 0.222. The van der Waals surface area contributed by atoms with Crippen molar-refractivity contribution in [3.05, 3.63) is 72.3 Å². The molecule has 0 saturated carbocycles. The average molecular weight is 454 g/mol. The summed E-state index contributed by atoms with van der Waals surface area (Å²) in [5, 5.41) is 7.08. The van der Waals surface area contributed by atoms with Crippen molar-refractivity contribution in [2.45, 2.75) is 6.54 Å². The van der Waals surface area contributed by atoms with Gasteiger partial charge in [-0.25, -0.2) is 0 Å². The fraction of sp³-hybridized carbons (Fsp3) is 0.261. The molecule has 1 aliphatic heterocycles. The molecule has 1 aliphatic rings. The lowest BCUT2D eigenvalue weighted by atomic mass is 10.0. The Morgan fingerprint density at radius 1 is 1.16 bits per heavy atom. The molecule has 0 aliphatic carbocycles. The summed E-state index contributed by atoms with van der Waals surface area (Å²) in [6.07, 6.45) is 10.4. The zero-order valence-corrected chi connectivity index (χ0v) is 18.7. The Morgan fingerprint density at radius 2 is 1.91 bits per heavy atom. The number of carbonyl (C=O) groups is 1. The predicted octanol–water partition coefficient (Wildman–Crippen LogP) is 3.70. The van der Waals surface area contributed by atoms with Crippen LogP contribution in [0, 0.1) is 0 Å². The summed E-state index contributed by atoms with van der Waals surface area (Å²) < 4.78 is 21.2. The van der Waals surface area contributed by atoms with Gasteiger partial charge in [0.25, 0.3) is 0 Å². The Hall–Kier alpha value is -2.98. The third-order valence-corrected chi connectivity index (χ3v) is 7.05. The van der Waals surface area contributed by atoms with E-state index in [-0.39, 0.29) is 5.91 Å². The van der Waals surface area contributed by atoms with Crippen LogP contribution in [0.15, 0.2) is 61.2 Å². The summed E-state index contributed by atoms with van der Waals surface area (Å²) in [4.78, 5) is 18.8. The Morgan fingerprint density at radius 3 is 2.59 bits per heavy atom. The van der Waals surface area contributed by atoms with E-state index in [1.165, 1.54) is 6.08 Å². The monoisotopic (exact) mass is 453 g/mol. The standard InChI is InChI=1S/C23H27N5O3S/c1-27-17-20(15-25-27)22-8-9-24-14-19(22)4-7-23(29)26-21-5-2-18(3-6-21)16-28-10-12-32(30,31)13-11-28/h2-9,14-15,17,30-31H,10-13,16H2,1H3,(H,26,29). The van der Waals surface area contributed by atoms with Crippen LogP contribution in [0.1, 0.15) is 11.1 Å². The molecular formula is C23H27N5O3S. The zero-order valence-electron chi connectivity index (χ0n) is 17.9. The molecule has 0 unspecified atom stereocenters. The molecule has 0 radical (unpaired) electrons. The van der Waals surface area contributed by atoms with E-state index < -0.39 is 10.6 Å². The van der Waals surface area contributed by atoms with E-state index in [9.17, 15) is 13.9 Å². The fourth-order valence-corrected chi connectivity index (χ4v) is 4.89. The topological polar surface area (TPSA) is 104 Å². The number of carbonyl (C=O) groups excluding carboxylic acids is 1. The van der Waals surface area contributed by atoms with Crippen molar-refractivity contribution in [3.63, 3.8) is 0 Å². The van der Waals surface area contributed by atoms with Crippen LogP contribution in [-0.2, 0) is 18.4 Å². The molecule has 3 aromatic rings. The first-order valence-corrected chi connectivity index (χ1v) is 12.2. The molecule has 3 N–H and O–H groups in total. The molecular weight excluding hydrogens is 426 g/mol. The van der Waals surface area contributed by atoms with Gasteiger partial charge in [-0.15, -0.1) is 0 Å². The molecule has 1 fully saturated rings. The van der Waals surface area contributed by atoms with Gasteiger partial charge in [-0.1, -0.05) is 12.1 Å². The highest BCUT2D eigenvalue weighted by Crippen LogP contribution is 2.40. The predicted molar refractivity (Wildman–Crippen MR) is 128 cm³/mol. The highest BCUT2D eigenvalue weighted by molar-refractivity contribution is 8.24. The van der Waals surface area contributed by atoms with Crippen molar-refractivity contribution in [1.29, 1.82) is 0 Å². The maximum absolute atomic E-state index is 12.4. The fourth-order valence-electron chi connectivity index (χ4n) is 3.59. The van der Waals surface area contributed by atoms with Crippen molar-refractivity contribution in [1.82, 2.24) is 19.7 Å². The summed E-state index contributed by atoms with van der Waals surface area (Å²) in [5.41, 5.74) is 4.59. The molecule has 8 nitrogen and oxygen atoms in total. The Labute approximate surface area is 188 Å². The summed E-state index contributed by atoms with van der Waals surface area (Å²) >= 11 is 0. The van der Waals surface area contributed by atoms with Gasteiger partial charge in [0.1, 0.15) is 0 Å². The molecule has 1 amide bonds. The molecule has 0 bridgehead atoms. The molecule has 3 heterocycles. The molecule has 2 aromatic heterocycles. The molecule has 32 heavy (non-hydrogen) atoms. The summed E-state index contributed by atoms with van der Waals surface area (Å²) in [7, 11) is -0.513. The van der Waals surface area contributed by atoms with Gasteiger partial charge in [-0.05, 0) is 35.4 Å². The lowest BCUT2D eigenvalue weighted by molar-refractivity contribution is -0.111. The van der Waals surface area contributed by atoms with Crippen molar-refractivity contribution in [3.8, 4) is 11.1 Å². The molecule has 168 valence electrons. The van der Waals surface area contributed by atoms with Crippen LogP contribution in [-0.4, -0.2) is 59.3 Å². The van der Waals surface area contributed by atoms with Gasteiger partial charge >= 0.3 is 0 Å². The van der Waals surface area contributed by atoms with E-state index in [0.717, 1.165) is 34.5 Å². The van der Waals surface area contributed by atoms with Crippen LogP contribution in [0.25, 0.3) is 17.2 Å². The van der Waals surface area contributed by atoms with Crippen molar-refractivity contribution < 1.29 is 13.9 Å². The number of anilines is 1. The number of hydrogen-bond acceptors (Lipinski definition) is 6. The minimum Gasteiger partial charge on any atom is -0.323 e. The Balaban J connectivity index is 1.34. The quantitative estimate of drug-likeness (QED) is 0.492. The van der Waals surface area contributed by atoms with E-state index >= 15 is 0 Å². The van der Waals surface area contributed by atoms with Gasteiger partial charge in [-0.3, -0.25) is 28.5 Å². The van der Waals surface area contributed by atoms with Gasteiger partial charge in [0.05, 0.1) is 17.7 Å². The number of benzene rings is 1. The van der Waals surface area contributed by atoms with E-state index in [0.29, 0.717) is 24.6 Å². The van der Waals surface area contributed by atoms with E-state index in [2.05, 4.69) is 20.3 Å². The molecule has 0 spiro atoms. The number of nitrogens with one attached hydrogen (secondary N) is 1. The first-order chi connectivity index (χ1) is 15.4. The Bertz CT molecular complexity index is 1100. The molecule has 1 aromatic carbocycles. The van der Waals surface area contributed by atoms with Gasteiger partial charge in [0.2, 0.25) is 5.91 Å². The lowest BCUT2D eigenvalue weighted by Gasteiger charge is -2.41. The molecule has 1 saturated heterocycles. The third kappa shape index (κ3) is 5.83. The summed E-state index contributed by atoms with van der Waals surface area (Å²) in [6.45, 7) is 2.11. The number of hydrogen-bond donors (Lipinski definition) is 3. The zero-order chi connectivity index (χ0) is 22.6. The van der Waals surface area contributed by atoms with Gasteiger partial charge in [-0.2, -0.15) is 15.7 Å². The van der Waals surface area contributed by atoms with Crippen LogP contribution in [0.3, 0.4) is 0 Å². The first-order valence-electron chi connectivity index (χ1n) is 10.3. The number of aryl methyl sites for hydroxylation is 1. The van der Waals surface area contributed by atoms with Gasteiger partial charge < -0.3 is 5.32 Å². The van der Waals surface area contributed by atoms with E-state index in [1.807, 2.05) is 43.6 Å². The summed E-state index contributed by atoms with van der Waals surface area (Å²) in [6, 6.07) is 9.62. The van der Waals surface area contributed by atoms with Crippen LogP contribution in [0.5, 0.6) is 0 Å². The maximum Gasteiger partial charge on any atom is 0.248 e. The largest absolute Gasteiger partial charge is 0.323 e. The minimum atomic E-state index is -2.38. The highest BCUT2D eigenvalue weighted by Gasteiger charge is 2.21.